The van der Waals surface area contributed by atoms with Crippen LogP contribution in [0.25, 0.3) is 0 Å². The van der Waals surface area contributed by atoms with Crippen LogP contribution in [0.4, 0.5) is 0 Å². The van der Waals surface area contributed by atoms with Crippen molar-refractivity contribution in [3.63, 3.8) is 0 Å². The maximum atomic E-state index is 11.2. The molecule has 5 aliphatic carbocycles. The topological polar surface area (TPSA) is 60.7 Å². The smallest absolute Gasteiger partial charge is 0.0743 e. The minimum absolute atomic E-state index is 0.152. The zero-order valence-electron chi connectivity index (χ0n) is 11.0. The van der Waals surface area contributed by atoms with E-state index in [2.05, 4.69) is 0 Å². The Balaban J connectivity index is 1.63. The predicted molar refractivity (Wildman–Crippen MR) is 64.4 cm³/mol. The summed E-state index contributed by atoms with van der Waals surface area (Å²) in [6.07, 6.45) is 1.57. The second kappa shape index (κ2) is 2.55. The average molecular weight is 250 g/mol. The number of hydrogen-bond acceptors (Lipinski definition) is 3. The van der Waals surface area contributed by atoms with Gasteiger partial charge in [0, 0.05) is 6.42 Å². The molecule has 0 aromatic carbocycles. The van der Waals surface area contributed by atoms with Crippen LogP contribution >= 0.6 is 0 Å². The van der Waals surface area contributed by atoms with Crippen molar-refractivity contribution in [1.29, 1.82) is 0 Å². The Hall–Kier alpha value is -0.120. The van der Waals surface area contributed by atoms with Crippen molar-refractivity contribution in [2.24, 2.45) is 47.3 Å². The highest BCUT2D eigenvalue weighted by atomic mass is 16.3. The van der Waals surface area contributed by atoms with Crippen LogP contribution in [0.5, 0.6) is 0 Å². The van der Waals surface area contributed by atoms with Crippen LogP contribution in [0.15, 0.2) is 0 Å². The van der Waals surface area contributed by atoms with Gasteiger partial charge in [0.2, 0.25) is 0 Å². The Morgan fingerprint density at radius 2 is 1.78 bits per heavy atom. The molecule has 0 saturated heterocycles. The largest absolute Gasteiger partial charge is 0.393 e. The number of rotatable bonds is 2. The maximum absolute atomic E-state index is 11.2. The molecule has 0 heterocycles. The second-order valence-electron chi connectivity index (χ2n) is 8.40. The van der Waals surface area contributed by atoms with E-state index in [9.17, 15) is 15.3 Å². The molecule has 5 aliphatic rings. The van der Waals surface area contributed by atoms with E-state index in [1.807, 2.05) is 0 Å². The van der Waals surface area contributed by atoms with Gasteiger partial charge in [0.25, 0.3) is 0 Å². The normalized spacial score (nSPS) is 70.2. The predicted octanol–water partition coefficient (Wildman–Crippen LogP) is 0.627. The molecule has 0 aromatic heterocycles. The molecular formula is C15H22O3. The van der Waals surface area contributed by atoms with E-state index in [1.165, 1.54) is 6.42 Å². The SMILES string of the molecule is CC(C)(O)C[C@]1(O)C2C3CC4C5C3C1C5[C@H](O)C42. The first-order valence-corrected chi connectivity index (χ1v) is 7.47. The van der Waals surface area contributed by atoms with Gasteiger partial charge in [0.1, 0.15) is 0 Å². The fourth-order valence-corrected chi connectivity index (χ4v) is 7.63. The first kappa shape index (κ1) is 10.6. The molecule has 0 spiro atoms. The van der Waals surface area contributed by atoms with E-state index in [1.54, 1.807) is 13.8 Å². The van der Waals surface area contributed by atoms with Gasteiger partial charge in [0.15, 0.2) is 0 Å². The van der Waals surface area contributed by atoms with E-state index < -0.39 is 11.2 Å². The minimum atomic E-state index is -0.806. The minimum Gasteiger partial charge on any atom is -0.393 e. The van der Waals surface area contributed by atoms with Crippen molar-refractivity contribution >= 4 is 0 Å². The number of aliphatic hydroxyl groups excluding tert-OH is 1. The molecule has 5 rings (SSSR count). The molecule has 0 radical (unpaired) electrons. The summed E-state index contributed by atoms with van der Waals surface area (Å²) in [4.78, 5) is 0. The maximum Gasteiger partial charge on any atom is 0.0743 e. The first-order chi connectivity index (χ1) is 8.34. The molecule has 2 bridgehead atoms. The van der Waals surface area contributed by atoms with Crippen LogP contribution < -0.4 is 0 Å². The highest BCUT2D eigenvalue weighted by Crippen LogP contribution is 2.85. The van der Waals surface area contributed by atoms with Gasteiger partial charge in [-0.15, -0.1) is 0 Å². The Bertz CT molecular complexity index is 442. The molecule has 3 heteroatoms. The molecule has 5 fully saturated rings. The number of aliphatic hydroxyl groups is 3. The summed E-state index contributed by atoms with van der Waals surface area (Å²) in [6.45, 7) is 3.60. The lowest BCUT2D eigenvalue weighted by Gasteiger charge is -2.54. The number of fused-ring (bicyclic) bond motifs is 2. The zero-order chi connectivity index (χ0) is 12.6. The summed E-state index contributed by atoms with van der Waals surface area (Å²) in [6, 6.07) is 0. The van der Waals surface area contributed by atoms with Crippen molar-refractivity contribution in [2.45, 2.75) is 44.0 Å². The van der Waals surface area contributed by atoms with Crippen LogP contribution in [-0.4, -0.2) is 32.6 Å². The van der Waals surface area contributed by atoms with Crippen LogP contribution in [0, 0.1) is 47.3 Å². The molecule has 3 N–H and O–H groups in total. The lowest BCUT2D eigenvalue weighted by atomic mass is 9.54. The Kier molecular flexibility index (Phi) is 1.51. The molecule has 10 atom stereocenters. The summed E-state index contributed by atoms with van der Waals surface area (Å²) in [7, 11) is 0. The fourth-order valence-electron chi connectivity index (χ4n) is 7.63. The van der Waals surface area contributed by atoms with Crippen LogP contribution in [0.1, 0.15) is 26.7 Å². The molecule has 100 valence electrons. The standard InChI is InChI=1S/C15H22O3/c1-14(2,17)4-15(18)11-6-3-5-7-8(6)12(15)10(7)13(16)9(5)11/h5-13,16-18H,3-4H2,1-2H3/t5?,6?,7?,8?,9?,10?,11?,12?,13-,15+/m1/s1. The first-order valence-electron chi connectivity index (χ1n) is 7.47. The van der Waals surface area contributed by atoms with Gasteiger partial charge >= 0.3 is 0 Å². The molecule has 0 aromatic rings. The third-order valence-electron chi connectivity index (χ3n) is 7.28. The van der Waals surface area contributed by atoms with Crippen molar-refractivity contribution in [2.75, 3.05) is 0 Å². The van der Waals surface area contributed by atoms with Gasteiger partial charge < -0.3 is 15.3 Å². The van der Waals surface area contributed by atoms with Gasteiger partial charge in [-0.1, -0.05) is 0 Å². The van der Waals surface area contributed by atoms with Crippen LogP contribution in [0.3, 0.4) is 0 Å². The summed E-state index contributed by atoms with van der Waals surface area (Å²) < 4.78 is 0. The van der Waals surface area contributed by atoms with Crippen molar-refractivity contribution in [1.82, 2.24) is 0 Å². The molecule has 18 heavy (non-hydrogen) atoms. The van der Waals surface area contributed by atoms with Crippen molar-refractivity contribution < 1.29 is 15.3 Å². The van der Waals surface area contributed by atoms with Crippen molar-refractivity contribution in [3.8, 4) is 0 Å². The van der Waals surface area contributed by atoms with E-state index in [0.717, 1.165) is 0 Å². The van der Waals surface area contributed by atoms with Gasteiger partial charge in [-0.05, 0) is 67.6 Å². The highest BCUT2D eigenvalue weighted by Gasteiger charge is 2.87. The van der Waals surface area contributed by atoms with Crippen LogP contribution in [0.2, 0.25) is 0 Å². The van der Waals surface area contributed by atoms with Gasteiger partial charge in [-0.25, -0.2) is 0 Å². The Morgan fingerprint density at radius 1 is 1.06 bits per heavy atom. The molecule has 3 nitrogen and oxygen atoms in total. The van der Waals surface area contributed by atoms with Gasteiger partial charge in [-0.2, -0.15) is 0 Å². The summed E-state index contributed by atoms with van der Waals surface area (Å²) in [5, 5.41) is 31.9. The summed E-state index contributed by atoms with van der Waals surface area (Å²) >= 11 is 0. The molecule has 8 unspecified atom stereocenters. The number of hydrogen-bond donors (Lipinski definition) is 3. The van der Waals surface area contributed by atoms with Crippen LogP contribution in [-0.2, 0) is 0 Å². The second-order valence-corrected chi connectivity index (χ2v) is 8.40. The monoisotopic (exact) mass is 250 g/mol. The third kappa shape index (κ3) is 0.810. The van der Waals surface area contributed by atoms with E-state index in [4.69, 9.17) is 0 Å². The van der Waals surface area contributed by atoms with Crippen molar-refractivity contribution in [3.05, 3.63) is 0 Å². The Labute approximate surface area is 107 Å². The average Bonchev–Trinajstić information content (AvgIpc) is 2.64. The lowest BCUT2D eigenvalue weighted by Crippen LogP contribution is -2.60. The van der Waals surface area contributed by atoms with E-state index >= 15 is 0 Å². The van der Waals surface area contributed by atoms with E-state index in [-0.39, 0.29) is 17.9 Å². The van der Waals surface area contributed by atoms with E-state index in [0.29, 0.717) is 41.9 Å². The molecule has 0 aliphatic heterocycles. The quantitative estimate of drug-likeness (QED) is 0.673. The summed E-state index contributed by atoms with van der Waals surface area (Å²) in [5.74, 6) is 3.97. The third-order valence-corrected chi connectivity index (χ3v) is 7.28. The summed E-state index contributed by atoms with van der Waals surface area (Å²) in [5.41, 5.74) is -1.50. The molecular weight excluding hydrogens is 228 g/mol. The molecule has 0 amide bonds. The molecule has 5 saturated carbocycles. The Morgan fingerprint density at radius 3 is 2.44 bits per heavy atom. The van der Waals surface area contributed by atoms with Gasteiger partial charge in [0.05, 0.1) is 17.3 Å². The fraction of sp³-hybridized carbons (Fsp3) is 1.00. The lowest BCUT2D eigenvalue weighted by molar-refractivity contribution is -0.191. The van der Waals surface area contributed by atoms with Gasteiger partial charge in [-0.3, -0.25) is 0 Å². The zero-order valence-corrected chi connectivity index (χ0v) is 11.0. The highest BCUT2D eigenvalue weighted by molar-refractivity contribution is 5.34.